The maximum absolute atomic E-state index is 12.2. The van der Waals surface area contributed by atoms with Gasteiger partial charge in [0.15, 0.2) is 0 Å². The molecule has 7 heterocycles. The van der Waals surface area contributed by atoms with Crippen molar-refractivity contribution in [1.29, 1.82) is 0 Å². The molecule has 64 heavy (non-hydrogen) atoms. The van der Waals surface area contributed by atoms with Gasteiger partial charge in [0.25, 0.3) is 11.8 Å². The van der Waals surface area contributed by atoms with Crippen LogP contribution in [-0.4, -0.2) is 76.2 Å². The topological polar surface area (TPSA) is 178 Å². The van der Waals surface area contributed by atoms with Gasteiger partial charge in [-0.2, -0.15) is 9.97 Å². The zero-order valence-electron chi connectivity index (χ0n) is 33.0. The van der Waals surface area contributed by atoms with E-state index in [1.807, 2.05) is 24.3 Å². The monoisotopic (exact) mass is 990 g/mol. The minimum absolute atomic E-state index is 0.0988. The first kappa shape index (κ1) is 47.9. The number of nitrogens with one attached hydrogen (secondary N) is 1. The fraction of sp³-hybridized carbons (Fsp3) is 0.263. The number of H-pyrrole nitrogens is 1. The van der Waals surface area contributed by atoms with Crippen LogP contribution in [0.5, 0.6) is 11.5 Å². The number of aromatic nitrogens is 10. The van der Waals surface area contributed by atoms with Gasteiger partial charge in [0, 0.05) is 34.1 Å². The van der Waals surface area contributed by atoms with Crippen LogP contribution in [0, 0.1) is 13.8 Å². The first-order chi connectivity index (χ1) is 30.5. The third-order valence-electron chi connectivity index (χ3n) is 7.90. The van der Waals surface area contributed by atoms with Gasteiger partial charge in [-0.1, -0.05) is 33.5 Å². The molecule has 0 unspecified atom stereocenters. The summed E-state index contributed by atoms with van der Waals surface area (Å²) in [5, 5.41) is 18.5. The van der Waals surface area contributed by atoms with E-state index in [0.29, 0.717) is 39.5 Å². The van der Waals surface area contributed by atoms with E-state index in [-0.39, 0.29) is 46.6 Å². The zero-order valence-corrected chi connectivity index (χ0v) is 36.9. The largest absolute Gasteiger partial charge is 0.573 e. The molecule has 6 aromatic heterocycles. The molecule has 338 valence electrons. The molecule has 0 radical (unpaired) electrons. The van der Waals surface area contributed by atoms with Gasteiger partial charge in [-0.15, -0.1) is 70.8 Å². The van der Waals surface area contributed by atoms with Crippen molar-refractivity contribution >= 4 is 57.5 Å². The quantitative estimate of drug-likeness (QED) is 0.107. The van der Waals surface area contributed by atoms with Crippen molar-refractivity contribution in [2.45, 2.75) is 51.8 Å². The van der Waals surface area contributed by atoms with Gasteiger partial charge in [-0.3, -0.25) is 5.10 Å². The lowest BCUT2D eigenvalue weighted by molar-refractivity contribution is -0.275. The Hall–Kier alpha value is -5.59. The number of benzene rings is 2. The van der Waals surface area contributed by atoms with Crippen LogP contribution in [0.15, 0.2) is 81.8 Å². The summed E-state index contributed by atoms with van der Waals surface area (Å²) >= 11 is 20.0. The lowest BCUT2D eigenvalue weighted by atomic mass is 10.2. The van der Waals surface area contributed by atoms with Crippen LogP contribution in [0.1, 0.15) is 34.2 Å². The Bertz CT molecular complexity index is 2670. The Balaban J connectivity index is 0.000000169. The van der Waals surface area contributed by atoms with E-state index in [4.69, 9.17) is 48.6 Å². The number of thiophene rings is 2. The number of hydrogen-bond donors (Lipinski definition) is 1. The van der Waals surface area contributed by atoms with E-state index in [2.05, 4.69) is 55.0 Å². The van der Waals surface area contributed by atoms with Crippen molar-refractivity contribution in [2.75, 3.05) is 13.2 Å². The first-order valence-corrected chi connectivity index (χ1v) is 21.3. The molecule has 0 amide bonds. The van der Waals surface area contributed by atoms with Crippen LogP contribution < -0.4 is 9.47 Å². The Morgan fingerprint density at radius 3 is 1.55 bits per heavy atom. The predicted octanol–water partition coefficient (Wildman–Crippen LogP) is 11.6. The van der Waals surface area contributed by atoms with Crippen molar-refractivity contribution in [2.24, 2.45) is 0 Å². The number of aryl methyl sites for hydroxylation is 2. The molecule has 1 N–H and O–H groups in total. The van der Waals surface area contributed by atoms with Crippen LogP contribution in [0.25, 0.3) is 46.2 Å². The van der Waals surface area contributed by atoms with Crippen molar-refractivity contribution in [3.63, 3.8) is 0 Å². The van der Waals surface area contributed by atoms with Crippen LogP contribution in [0.3, 0.4) is 0 Å². The number of nitrogens with zero attached hydrogens (tertiary/aromatic N) is 9. The van der Waals surface area contributed by atoms with Gasteiger partial charge in [-0.05, 0) is 99.5 Å². The molecule has 0 spiro atoms. The number of hydrogen-bond acceptors (Lipinski definition) is 15. The van der Waals surface area contributed by atoms with Gasteiger partial charge in [0.2, 0.25) is 23.3 Å². The molecule has 2 aromatic carbocycles. The summed E-state index contributed by atoms with van der Waals surface area (Å²) in [5.41, 5.74) is 0.927. The van der Waals surface area contributed by atoms with Crippen LogP contribution in [-0.2, 0) is 17.2 Å². The normalized spacial score (nSPS) is 12.4. The standard InChI is InChI=1S/C17H11ClF3N5O2S.C12H8F3N5O2.C5H4Cl2S.C4H8O/c1-9-22-15(24-26(9)8-12-6-7-13(18)29-12)16-23-14(25-28-16)10-2-4-11(5-3-10)27-17(19,20)21;1-6-16-10(19-18-6)11-17-9(20-22-11)7-2-4-8(5-3-7)21-12(13,14)15;6-3-4-1-2-5(7)8-4;1-2-4-5-3-1/h2-7H,8H2,1H3;2-5H,1H3,(H,16,18,19);1-2H,3H2;1-4H2. The molecule has 9 rings (SSSR count). The first-order valence-electron chi connectivity index (χ1n) is 18.3. The average molecular weight is 992 g/mol. The van der Waals surface area contributed by atoms with Crippen molar-refractivity contribution in [3.05, 3.63) is 103 Å². The fourth-order valence-corrected chi connectivity index (χ4v) is 7.35. The molecule has 0 saturated carbocycles. The summed E-state index contributed by atoms with van der Waals surface area (Å²) in [7, 11) is 0. The molecule has 1 aliphatic rings. The second kappa shape index (κ2) is 21.9. The van der Waals surface area contributed by atoms with Gasteiger partial charge in [0.05, 0.1) is 21.1 Å². The maximum Gasteiger partial charge on any atom is 0.573 e. The predicted molar refractivity (Wildman–Crippen MR) is 224 cm³/mol. The highest BCUT2D eigenvalue weighted by atomic mass is 35.5. The van der Waals surface area contributed by atoms with Gasteiger partial charge >= 0.3 is 12.7 Å². The molecular formula is C38H31Cl3F6N10O5S2. The highest BCUT2D eigenvalue weighted by Gasteiger charge is 2.32. The summed E-state index contributed by atoms with van der Waals surface area (Å²) in [5.74, 6) is 2.23. The maximum atomic E-state index is 12.2. The molecule has 1 fully saturated rings. The molecule has 26 heteroatoms. The summed E-state index contributed by atoms with van der Waals surface area (Å²) in [4.78, 5) is 18.8. The minimum Gasteiger partial charge on any atom is -0.406 e. The highest BCUT2D eigenvalue weighted by molar-refractivity contribution is 7.16. The van der Waals surface area contributed by atoms with Gasteiger partial charge < -0.3 is 23.3 Å². The SMILES string of the molecule is C1CCOC1.Cc1nc(-c2nc(-c3ccc(OC(F)(F)F)cc3)no2)n[nH]1.Cc1nc(-c2nc(-c3ccc(OC(F)(F)F)cc3)no2)nn1Cc1ccc(Cl)s1.ClCc1ccc(Cl)s1. The van der Waals surface area contributed by atoms with Crippen molar-refractivity contribution in [1.82, 2.24) is 50.2 Å². The van der Waals surface area contributed by atoms with E-state index in [9.17, 15) is 26.3 Å². The molecule has 0 aliphatic carbocycles. The van der Waals surface area contributed by atoms with Gasteiger partial charge in [0.1, 0.15) is 23.1 Å². The van der Waals surface area contributed by atoms with E-state index in [1.54, 1.807) is 18.5 Å². The fourth-order valence-electron chi connectivity index (χ4n) is 5.09. The summed E-state index contributed by atoms with van der Waals surface area (Å²) < 4.78 is 98.9. The second-order valence-corrected chi connectivity index (χ2v) is 16.6. The number of rotatable bonds is 9. The zero-order chi connectivity index (χ0) is 45.9. The van der Waals surface area contributed by atoms with Crippen molar-refractivity contribution in [3.8, 4) is 57.7 Å². The number of halogens is 9. The van der Waals surface area contributed by atoms with E-state index in [0.717, 1.165) is 39.4 Å². The Labute approximate surface area is 381 Å². The molecule has 1 saturated heterocycles. The van der Waals surface area contributed by atoms with E-state index >= 15 is 0 Å². The van der Waals surface area contributed by atoms with Crippen LogP contribution in [0.4, 0.5) is 26.3 Å². The summed E-state index contributed by atoms with van der Waals surface area (Å²) in [6, 6.07) is 17.7. The second-order valence-electron chi connectivity index (χ2n) is 12.7. The highest BCUT2D eigenvalue weighted by Crippen LogP contribution is 2.29. The smallest absolute Gasteiger partial charge is 0.406 e. The average Bonchev–Trinajstić information content (AvgIpc) is 4.10. The number of alkyl halides is 7. The third-order valence-corrected chi connectivity index (χ3v) is 10.8. The van der Waals surface area contributed by atoms with Gasteiger partial charge in [-0.25, -0.2) is 14.6 Å². The summed E-state index contributed by atoms with van der Waals surface area (Å²) in [6.45, 7) is 6.01. The van der Waals surface area contributed by atoms with Crippen LogP contribution in [0.2, 0.25) is 8.67 Å². The number of aromatic amines is 1. The van der Waals surface area contributed by atoms with E-state index < -0.39 is 12.7 Å². The Morgan fingerprint density at radius 2 is 1.16 bits per heavy atom. The van der Waals surface area contributed by atoms with Crippen LogP contribution >= 0.6 is 57.5 Å². The molecule has 1 aliphatic heterocycles. The molecule has 8 aromatic rings. The molecule has 15 nitrogen and oxygen atoms in total. The lowest BCUT2D eigenvalue weighted by Crippen LogP contribution is -2.16. The third kappa shape index (κ3) is 14.7. The minimum atomic E-state index is -4.75. The molecular weight excluding hydrogens is 961 g/mol. The summed E-state index contributed by atoms with van der Waals surface area (Å²) in [6.07, 6.45) is -6.93. The van der Waals surface area contributed by atoms with Crippen molar-refractivity contribution < 1.29 is 49.6 Å². The van der Waals surface area contributed by atoms with E-state index in [1.165, 1.54) is 71.9 Å². The molecule has 0 atom stereocenters. The Kier molecular flexibility index (Phi) is 16.4. The molecule has 0 bridgehead atoms. The number of ether oxygens (including phenoxy) is 3. The lowest BCUT2D eigenvalue weighted by Gasteiger charge is -2.08. The Morgan fingerprint density at radius 1 is 0.656 bits per heavy atom.